The number of carbonyl (C=O) groups is 3. The monoisotopic (exact) mass is 661 g/mol. The number of carboxylic acid groups (broad SMARTS) is 1. The number of carboxylic acids is 1. The van der Waals surface area contributed by atoms with Crippen molar-refractivity contribution in [1.82, 2.24) is 9.80 Å². The van der Waals surface area contributed by atoms with Gasteiger partial charge >= 0.3 is 5.97 Å². The molecule has 0 radical (unpaired) electrons. The first-order valence-corrected chi connectivity index (χ1v) is 15.9. The number of nitrogens with zero attached hydrogens (tertiary/aromatic N) is 4. The zero-order valence-electron chi connectivity index (χ0n) is 27.5. The third kappa shape index (κ3) is 10.2. The van der Waals surface area contributed by atoms with E-state index in [9.17, 15) is 19.5 Å². The van der Waals surface area contributed by atoms with E-state index in [1.807, 2.05) is 29.2 Å². The lowest BCUT2D eigenvalue weighted by molar-refractivity contribution is -0.137. The van der Waals surface area contributed by atoms with Crippen LogP contribution in [0.3, 0.4) is 0 Å². The number of ether oxygens (including phenoxy) is 1. The summed E-state index contributed by atoms with van der Waals surface area (Å²) in [4.78, 5) is 50.5. The smallest absolute Gasteiger partial charge is 0.323 e. The molecule has 1 heterocycles. The lowest BCUT2D eigenvalue weighted by Crippen LogP contribution is -2.41. The number of hydrogen-bond acceptors (Lipinski definition) is 8. The summed E-state index contributed by atoms with van der Waals surface area (Å²) < 4.78 is 5.31. The largest absolute Gasteiger partial charge is 0.480 e. The van der Waals surface area contributed by atoms with E-state index >= 15 is 0 Å². The van der Waals surface area contributed by atoms with Crippen molar-refractivity contribution in [3.63, 3.8) is 0 Å². The summed E-state index contributed by atoms with van der Waals surface area (Å²) >= 11 is 0. The Morgan fingerprint density at radius 3 is 2.10 bits per heavy atom. The highest BCUT2D eigenvalue weighted by Gasteiger charge is 2.20. The van der Waals surface area contributed by atoms with Gasteiger partial charge in [0, 0.05) is 43.5 Å². The van der Waals surface area contributed by atoms with Crippen molar-refractivity contribution in [2.45, 2.75) is 13.5 Å². The number of benzene rings is 4. The number of aliphatic carboxylic acids is 1. The standard InChI is InChI=1S/C38H39N5O6/c1-27-3-9-30(10-4-27)31-11-13-32(14-12-31)37(39-2)49-40-23-28-5-7-29(8-6-28)24-43(26-36(45)46)38(47)33-15-17-34(18-16-33)41-35(44)25-42-19-21-48-22-20-42/h3-18,23H,19-22,24-26H2,1-2H3,(H,41,44)(H,45,46)/b39-37?,40-23+. The van der Waals surface area contributed by atoms with Gasteiger partial charge in [0.15, 0.2) is 0 Å². The fourth-order valence-electron chi connectivity index (χ4n) is 5.24. The normalized spacial score (nSPS) is 13.6. The maximum atomic E-state index is 13.3. The molecule has 1 aliphatic rings. The van der Waals surface area contributed by atoms with Gasteiger partial charge in [-0.1, -0.05) is 71.4 Å². The number of amides is 2. The van der Waals surface area contributed by atoms with Crippen LogP contribution in [0.2, 0.25) is 0 Å². The van der Waals surface area contributed by atoms with Gasteiger partial charge in [-0.2, -0.15) is 0 Å². The van der Waals surface area contributed by atoms with E-state index in [-0.39, 0.29) is 19.0 Å². The summed E-state index contributed by atoms with van der Waals surface area (Å²) in [5.41, 5.74) is 6.56. The molecule has 1 aliphatic heterocycles. The summed E-state index contributed by atoms with van der Waals surface area (Å²) in [5, 5.41) is 16.4. The van der Waals surface area contributed by atoms with Gasteiger partial charge in [-0.3, -0.25) is 24.3 Å². The van der Waals surface area contributed by atoms with Crippen LogP contribution in [0, 0.1) is 6.92 Å². The molecule has 5 rings (SSSR count). The second kappa shape index (κ2) is 17.0. The zero-order chi connectivity index (χ0) is 34.6. The number of carbonyl (C=O) groups excluding carboxylic acids is 2. The molecule has 0 saturated carbocycles. The summed E-state index contributed by atoms with van der Waals surface area (Å²) in [6, 6.07) is 29.9. The Morgan fingerprint density at radius 2 is 1.49 bits per heavy atom. The second-order valence-electron chi connectivity index (χ2n) is 11.6. The van der Waals surface area contributed by atoms with Gasteiger partial charge in [0.1, 0.15) is 6.54 Å². The molecule has 0 aromatic heterocycles. The predicted octanol–water partition coefficient (Wildman–Crippen LogP) is 5.09. The van der Waals surface area contributed by atoms with Crippen LogP contribution in [-0.4, -0.2) is 91.2 Å². The molecule has 2 amide bonds. The highest BCUT2D eigenvalue weighted by molar-refractivity contribution is 5.97. The molecule has 252 valence electrons. The van der Waals surface area contributed by atoms with E-state index in [0.717, 1.165) is 27.8 Å². The summed E-state index contributed by atoms with van der Waals surface area (Å²) in [6.07, 6.45) is 1.55. The quantitative estimate of drug-likeness (QED) is 0.123. The molecule has 2 N–H and O–H groups in total. The van der Waals surface area contributed by atoms with Gasteiger partial charge in [-0.25, -0.2) is 0 Å². The number of aliphatic imine (C=N–C) groups is 1. The van der Waals surface area contributed by atoms with E-state index in [2.05, 4.69) is 46.7 Å². The minimum absolute atomic E-state index is 0.0856. The maximum absolute atomic E-state index is 13.3. The lowest BCUT2D eigenvalue weighted by Gasteiger charge is -2.25. The van der Waals surface area contributed by atoms with E-state index < -0.39 is 18.4 Å². The van der Waals surface area contributed by atoms with Crippen LogP contribution in [0.15, 0.2) is 107 Å². The molecule has 11 nitrogen and oxygen atoms in total. The van der Waals surface area contributed by atoms with Crippen molar-refractivity contribution in [3.05, 3.63) is 125 Å². The van der Waals surface area contributed by atoms with Gasteiger partial charge in [0.25, 0.3) is 11.8 Å². The Morgan fingerprint density at radius 1 is 0.878 bits per heavy atom. The fraction of sp³-hybridized carbons (Fsp3) is 0.237. The van der Waals surface area contributed by atoms with Gasteiger partial charge in [-0.15, -0.1) is 0 Å². The van der Waals surface area contributed by atoms with Crippen LogP contribution in [-0.2, 0) is 25.7 Å². The topological polar surface area (TPSA) is 133 Å². The number of rotatable bonds is 12. The van der Waals surface area contributed by atoms with Crippen molar-refractivity contribution in [1.29, 1.82) is 0 Å². The first-order chi connectivity index (χ1) is 23.8. The lowest BCUT2D eigenvalue weighted by atomic mass is 10.0. The molecule has 4 aromatic carbocycles. The summed E-state index contributed by atoms with van der Waals surface area (Å²) in [6.45, 7) is 4.53. The summed E-state index contributed by atoms with van der Waals surface area (Å²) in [7, 11) is 1.64. The van der Waals surface area contributed by atoms with Gasteiger partial charge in [0.2, 0.25) is 5.91 Å². The Kier molecular flexibility index (Phi) is 12.0. The zero-order valence-corrected chi connectivity index (χ0v) is 27.5. The van der Waals surface area contributed by atoms with Crippen molar-refractivity contribution in [2.24, 2.45) is 10.1 Å². The van der Waals surface area contributed by atoms with Crippen LogP contribution in [0.5, 0.6) is 0 Å². The summed E-state index contributed by atoms with van der Waals surface area (Å²) in [5.74, 6) is -1.35. The SMILES string of the molecule is CN=C(O/N=C/c1ccc(CN(CC(=O)O)C(=O)c2ccc(NC(=O)CN3CCOCC3)cc2)cc1)c1ccc(-c2ccc(C)cc2)cc1. The highest BCUT2D eigenvalue weighted by atomic mass is 16.6. The van der Waals surface area contributed by atoms with Gasteiger partial charge in [0.05, 0.1) is 26.0 Å². The molecule has 0 unspecified atom stereocenters. The van der Waals surface area contributed by atoms with Crippen molar-refractivity contribution < 1.29 is 29.1 Å². The average Bonchev–Trinajstić information content (AvgIpc) is 3.11. The van der Waals surface area contributed by atoms with Crippen LogP contribution in [0.4, 0.5) is 5.69 Å². The third-order valence-electron chi connectivity index (χ3n) is 7.91. The van der Waals surface area contributed by atoms with E-state index in [0.29, 0.717) is 43.5 Å². The third-order valence-corrected chi connectivity index (χ3v) is 7.91. The van der Waals surface area contributed by atoms with Crippen LogP contribution in [0.25, 0.3) is 11.1 Å². The van der Waals surface area contributed by atoms with Crippen molar-refractivity contribution >= 4 is 35.6 Å². The number of oxime groups is 1. The van der Waals surface area contributed by atoms with Gasteiger partial charge < -0.3 is 24.9 Å². The number of aryl methyl sites for hydroxylation is 1. The van der Waals surface area contributed by atoms with E-state index in [4.69, 9.17) is 9.57 Å². The molecule has 0 spiro atoms. The average molecular weight is 662 g/mol. The van der Waals surface area contributed by atoms with Crippen LogP contribution >= 0.6 is 0 Å². The van der Waals surface area contributed by atoms with E-state index in [1.165, 1.54) is 10.5 Å². The first-order valence-electron chi connectivity index (χ1n) is 15.9. The molecule has 49 heavy (non-hydrogen) atoms. The van der Waals surface area contributed by atoms with Crippen LogP contribution < -0.4 is 5.32 Å². The number of morpholine rings is 1. The molecule has 4 aromatic rings. The minimum Gasteiger partial charge on any atom is -0.480 e. The molecule has 11 heteroatoms. The minimum atomic E-state index is -1.13. The number of hydrogen-bond donors (Lipinski definition) is 2. The van der Waals surface area contributed by atoms with Crippen molar-refractivity contribution in [3.8, 4) is 11.1 Å². The Balaban J connectivity index is 1.15. The van der Waals surface area contributed by atoms with Crippen molar-refractivity contribution in [2.75, 3.05) is 51.8 Å². The number of anilines is 1. The predicted molar refractivity (Wildman–Crippen MR) is 189 cm³/mol. The first kappa shape index (κ1) is 34.7. The highest BCUT2D eigenvalue weighted by Crippen LogP contribution is 2.21. The fourth-order valence-corrected chi connectivity index (χ4v) is 5.24. The molecule has 1 fully saturated rings. The molecule has 0 bridgehead atoms. The molecule has 1 saturated heterocycles. The molecule has 0 aliphatic carbocycles. The molecular weight excluding hydrogens is 622 g/mol. The Labute approximate surface area is 285 Å². The Bertz CT molecular complexity index is 1780. The molecular formula is C38H39N5O6. The van der Waals surface area contributed by atoms with Gasteiger partial charge in [-0.05, 0) is 65.6 Å². The van der Waals surface area contributed by atoms with E-state index in [1.54, 1.807) is 61.8 Å². The maximum Gasteiger partial charge on any atom is 0.323 e. The Hall–Kier alpha value is -5.65. The van der Waals surface area contributed by atoms with Crippen LogP contribution in [0.1, 0.15) is 32.6 Å². The second-order valence-corrected chi connectivity index (χ2v) is 11.6. The molecule has 0 atom stereocenters. The number of nitrogens with one attached hydrogen (secondary N) is 1.